The fraction of sp³-hybridized carbons (Fsp3) is 0.950. The summed E-state index contributed by atoms with van der Waals surface area (Å²) in [5, 5.41) is 10.6. The van der Waals surface area contributed by atoms with Gasteiger partial charge in [0.05, 0.1) is 26.4 Å². The maximum Gasteiger partial charge on any atom is 0.472 e. The van der Waals surface area contributed by atoms with E-state index in [0.29, 0.717) is 31.6 Å². The van der Waals surface area contributed by atoms with E-state index in [9.17, 15) is 43.2 Å². The van der Waals surface area contributed by atoms with Crippen molar-refractivity contribution in [1.29, 1.82) is 0 Å². The second-order valence-electron chi connectivity index (χ2n) is 30.7. The second kappa shape index (κ2) is 69.1. The number of hydrogen-bond acceptors (Lipinski definition) is 15. The lowest BCUT2D eigenvalue weighted by Gasteiger charge is -2.21. The molecule has 0 heterocycles. The molecular weight excluding hydrogens is 1290 g/mol. The highest BCUT2D eigenvalue weighted by atomic mass is 31.2. The van der Waals surface area contributed by atoms with Gasteiger partial charge in [-0.25, -0.2) is 9.13 Å². The van der Waals surface area contributed by atoms with E-state index in [-0.39, 0.29) is 25.7 Å². The molecule has 17 nitrogen and oxygen atoms in total. The van der Waals surface area contributed by atoms with Crippen LogP contribution in [-0.2, 0) is 65.4 Å². The Hall–Kier alpha value is -1.94. The van der Waals surface area contributed by atoms with Gasteiger partial charge in [0.2, 0.25) is 0 Å². The molecule has 0 aliphatic rings. The van der Waals surface area contributed by atoms with Gasteiger partial charge in [0.1, 0.15) is 19.3 Å². The van der Waals surface area contributed by atoms with Crippen LogP contribution in [0.5, 0.6) is 0 Å². The zero-order chi connectivity index (χ0) is 73.1. The molecule has 0 bridgehead atoms. The molecule has 0 aliphatic carbocycles. The average Bonchev–Trinajstić information content (AvgIpc) is 1.17. The molecule has 0 radical (unpaired) electrons. The first-order chi connectivity index (χ1) is 47.6. The summed E-state index contributed by atoms with van der Waals surface area (Å²) in [5.41, 5.74) is 0. The maximum atomic E-state index is 13.1. The predicted molar refractivity (Wildman–Crippen MR) is 404 cm³/mol. The number of aliphatic hydroxyl groups excluding tert-OH is 1. The van der Waals surface area contributed by atoms with Gasteiger partial charge in [-0.1, -0.05) is 357 Å². The van der Waals surface area contributed by atoms with Crippen molar-refractivity contribution >= 4 is 39.5 Å². The zero-order valence-corrected chi connectivity index (χ0v) is 66.9. The van der Waals surface area contributed by atoms with Gasteiger partial charge in [-0.05, 0) is 49.4 Å². The fourth-order valence-corrected chi connectivity index (χ4v) is 13.8. The molecule has 19 heteroatoms. The molecule has 0 saturated heterocycles. The Bertz CT molecular complexity index is 1940. The highest BCUT2D eigenvalue weighted by molar-refractivity contribution is 7.47. The summed E-state index contributed by atoms with van der Waals surface area (Å²) in [6.45, 7) is 14.2. The molecule has 3 unspecified atom stereocenters. The van der Waals surface area contributed by atoms with Gasteiger partial charge in [0.15, 0.2) is 12.2 Å². The van der Waals surface area contributed by atoms with Crippen molar-refractivity contribution in [1.82, 2.24) is 0 Å². The van der Waals surface area contributed by atoms with Gasteiger partial charge >= 0.3 is 39.5 Å². The molecular formula is C80H156O17P2. The van der Waals surface area contributed by atoms with Crippen LogP contribution in [0.2, 0.25) is 0 Å². The van der Waals surface area contributed by atoms with E-state index in [4.69, 9.17) is 37.0 Å². The second-order valence-corrected chi connectivity index (χ2v) is 33.6. The maximum absolute atomic E-state index is 13.1. The molecule has 5 atom stereocenters. The lowest BCUT2D eigenvalue weighted by atomic mass is 10.0. The molecule has 99 heavy (non-hydrogen) atoms. The average molecular weight is 1450 g/mol. The van der Waals surface area contributed by atoms with E-state index in [1.54, 1.807) is 0 Å². The van der Waals surface area contributed by atoms with Gasteiger partial charge in [0.25, 0.3) is 0 Å². The van der Waals surface area contributed by atoms with E-state index in [2.05, 4.69) is 55.4 Å². The van der Waals surface area contributed by atoms with Crippen molar-refractivity contribution in [3.05, 3.63) is 0 Å². The smallest absolute Gasteiger partial charge is 0.462 e. The minimum atomic E-state index is -4.96. The molecule has 0 fully saturated rings. The number of phosphoric ester groups is 2. The SMILES string of the molecule is CC(C)CCCCCCCCCCCCCCCCCCC(=O)O[C@H](COC(=O)CCCCCCCCCCCCCCCC(C)C)COP(=O)(O)OCC(O)COP(=O)(O)OC[C@@H](COC(=O)CCCCCCCCCC(C)C)OC(=O)CCCCCCCCCCCCCC(C)C. The van der Waals surface area contributed by atoms with E-state index in [0.717, 1.165) is 114 Å². The number of ether oxygens (including phenoxy) is 4. The van der Waals surface area contributed by atoms with Crippen molar-refractivity contribution in [2.45, 2.75) is 427 Å². The topological polar surface area (TPSA) is 237 Å². The molecule has 0 spiro atoms. The van der Waals surface area contributed by atoms with Crippen molar-refractivity contribution in [2.75, 3.05) is 39.6 Å². The zero-order valence-electron chi connectivity index (χ0n) is 65.1. The van der Waals surface area contributed by atoms with Gasteiger partial charge in [0, 0.05) is 25.7 Å². The molecule has 3 N–H and O–H groups in total. The summed E-state index contributed by atoms with van der Waals surface area (Å²) in [6.07, 6.45) is 55.6. The highest BCUT2D eigenvalue weighted by Gasteiger charge is 2.30. The van der Waals surface area contributed by atoms with Gasteiger partial charge in [-0.3, -0.25) is 37.3 Å². The first-order valence-electron chi connectivity index (χ1n) is 41.2. The Morgan fingerprint density at radius 3 is 0.626 bits per heavy atom. The van der Waals surface area contributed by atoms with Crippen molar-refractivity contribution in [3.8, 4) is 0 Å². The van der Waals surface area contributed by atoms with E-state index >= 15 is 0 Å². The summed E-state index contributed by atoms with van der Waals surface area (Å²) in [5.74, 6) is 0.955. The summed E-state index contributed by atoms with van der Waals surface area (Å²) in [7, 11) is -9.92. The van der Waals surface area contributed by atoms with Crippen LogP contribution in [0.3, 0.4) is 0 Å². The first kappa shape index (κ1) is 97.1. The van der Waals surface area contributed by atoms with Crippen LogP contribution in [0.15, 0.2) is 0 Å². The first-order valence-corrected chi connectivity index (χ1v) is 44.2. The van der Waals surface area contributed by atoms with Crippen LogP contribution >= 0.6 is 15.6 Å². The minimum absolute atomic E-state index is 0.105. The molecule has 0 aliphatic heterocycles. The third-order valence-corrected chi connectivity index (χ3v) is 20.5. The Morgan fingerprint density at radius 1 is 0.253 bits per heavy atom. The summed E-state index contributed by atoms with van der Waals surface area (Å²) >= 11 is 0. The number of unbranched alkanes of at least 4 members (excludes halogenated alkanes) is 43. The van der Waals surface area contributed by atoms with Gasteiger partial charge in [-0.15, -0.1) is 0 Å². The molecule has 0 rings (SSSR count). The van der Waals surface area contributed by atoms with E-state index < -0.39 is 97.5 Å². The Morgan fingerprint density at radius 2 is 0.424 bits per heavy atom. The Labute approximate surface area is 607 Å². The molecule has 0 aromatic carbocycles. The number of carbonyl (C=O) groups is 4. The summed E-state index contributed by atoms with van der Waals surface area (Å²) in [6, 6.07) is 0. The number of hydrogen-bond donors (Lipinski definition) is 3. The Kier molecular flexibility index (Phi) is 67.8. The van der Waals surface area contributed by atoms with Gasteiger partial charge in [-0.2, -0.15) is 0 Å². The lowest BCUT2D eigenvalue weighted by molar-refractivity contribution is -0.161. The van der Waals surface area contributed by atoms with Crippen LogP contribution in [0.1, 0.15) is 409 Å². The third-order valence-electron chi connectivity index (χ3n) is 18.6. The largest absolute Gasteiger partial charge is 0.472 e. The van der Waals surface area contributed by atoms with Gasteiger partial charge < -0.3 is 33.8 Å². The number of carbonyl (C=O) groups excluding carboxylic acids is 4. The normalized spacial score (nSPS) is 14.1. The standard InChI is InChI=1S/C80H156O17P2/c1-70(2)56-48-40-32-25-19-14-11-9-10-12-16-23-29-37-46-54-62-79(84)96-75(66-90-77(82)60-52-44-36-28-22-17-13-15-20-26-33-41-49-57-71(3)4)68-94-98(86,87)92-64-74(81)65-93-99(88,89)95-69-76(67-91-78(83)61-53-45-39-31-35-43-51-59-73(7)8)97-80(85)63-55-47-38-30-24-18-21-27-34-42-50-58-72(5)6/h70-76,81H,9-69H2,1-8H3,(H,86,87)(H,88,89)/t74?,75-,76-/m1/s1. The number of phosphoric acid groups is 2. The summed E-state index contributed by atoms with van der Waals surface area (Å²) in [4.78, 5) is 73.0. The number of rotatable bonds is 77. The number of esters is 4. The van der Waals surface area contributed by atoms with Crippen molar-refractivity contribution in [2.24, 2.45) is 23.7 Å². The molecule has 0 amide bonds. The highest BCUT2D eigenvalue weighted by Crippen LogP contribution is 2.45. The van der Waals surface area contributed by atoms with Crippen LogP contribution in [0.4, 0.5) is 0 Å². The van der Waals surface area contributed by atoms with Crippen molar-refractivity contribution < 1.29 is 80.2 Å². The van der Waals surface area contributed by atoms with E-state index in [1.165, 1.54) is 205 Å². The lowest BCUT2D eigenvalue weighted by Crippen LogP contribution is -2.30. The number of aliphatic hydroxyl groups is 1. The Balaban J connectivity index is 5.25. The molecule has 0 aromatic heterocycles. The molecule has 588 valence electrons. The fourth-order valence-electron chi connectivity index (χ4n) is 12.3. The minimum Gasteiger partial charge on any atom is -0.462 e. The van der Waals surface area contributed by atoms with E-state index in [1.807, 2.05) is 0 Å². The molecule has 0 saturated carbocycles. The van der Waals surface area contributed by atoms with Crippen LogP contribution in [0.25, 0.3) is 0 Å². The van der Waals surface area contributed by atoms with Crippen LogP contribution in [0, 0.1) is 23.7 Å². The molecule has 0 aromatic rings. The quantitative estimate of drug-likeness (QED) is 0.0222. The third kappa shape index (κ3) is 74.1. The van der Waals surface area contributed by atoms with Crippen LogP contribution < -0.4 is 0 Å². The van der Waals surface area contributed by atoms with Crippen LogP contribution in [-0.4, -0.2) is 96.7 Å². The van der Waals surface area contributed by atoms with Crippen molar-refractivity contribution in [3.63, 3.8) is 0 Å². The predicted octanol–water partition coefficient (Wildman–Crippen LogP) is 23.6. The monoisotopic (exact) mass is 1450 g/mol. The summed E-state index contributed by atoms with van der Waals surface area (Å²) < 4.78 is 68.7.